The van der Waals surface area contributed by atoms with Crippen LogP contribution in [0.1, 0.15) is 28.8 Å². The molecule has 1 aromatic carbocycles. The number of ether oxygens (including phenoxy) is 1. The van der Waals surface area contributed by atoms with Crippen LogP contribution in [-0.4, -0.2) is 25.6 Å². The zero-order chi connectivity index (χ0) is 13.0. The summed E-state index contributed by atoms with van der Waals surface area (Å²) < 4.78 is 5.80. The van der Waals surface area contributed by atoms with E-state index < -0.39 is 5.91 Å². The van der Waals surface area contributed by atoms with Gasteiger partial charge in [0.05, 0.1) is 12.7 Å². The molecule has 0 radical (unpaired) electrons. The minimum atomic E-state index is -0.392. The maximum atomic E-state index is 10.9. The molecular formula is C14H20N2O2. The van der Waals surface area contributed by atoms with Crippen molar-refractivity contribution >= 4 is 5.91 Å². The van der Waals surface area contributed by atoms with Crippen molar-refractivity contribution in [3.63, 3.8) is 0 Å². The Morgan fingerprint density at radius 3 is 2.61 bits per heavy atom. The average Bonchev–Trinajstić information content (AvgIpc) is 2.32. The number of rotatable bonds is 6. The maximum absolute atomic E-state index is 10.9. The fourth-order valence-electron chi connectivity index (χ4n) is 2.25. The van der Waals surface area contributed by atoms with E-state index in [4.69, 9.17) is 10.5 Å². The number of carbonyl (C=O) groups is 1. The van der Waals surface area contributed by atoms with Gasteiger partial charge in [0.25, 0.3) is 0 Å². The monoisotopic (exact) mass is 248 g/mol. The van der Waals surface area contributed by atoms with Crippen molar-refractivity contribution < 1.29 is 9.53 Å². The van der Waals surface area contributed by atoms with Gasteiger partial charge in [0.1, 0.15) is 0 Å². The van der Waals surface area contributed by atoms with Crippen LogP contribution in [-0.2, 0) is 11.3 Å². The normalized spacial score (nSPS) is 22.5. The van der Waals surface area contributed by atoms with Crippen molar-refractivity contribution in [2.75, 3.05) is 13.6 Å². The number of hydrogen-bond acceptors (Lipinski definition) is 3. The highest BCUT2D eigenvalue weighted by molar-refractivity contribution is 5.92. The largest absolute Gasteiger partial charge is 0.374 e. The van der Waals surface area contributed by atoms with Crippen LogP contribution in [0.2, 0.25) is 0 Å². The second-order valence-corrected chi connectivity index (χ2v) is 4.89. The number of benzene rings is 1. The van der Waals surface area contributed by atoms with Crippen LogP contribution < -0.4 is 11.1 Å². The summed E-state index contributed by atoms with van der Waals surface area (Å²) in [5.41, 5.74) is 6.80. The van der Waals surface area contributed by atoms with Crippen molar-refractivity contribution in [2.24, 2.45) is 11.7 Å². The Kier molecular flexibility index (Phi) is 4.33. The molecule has 4 heteroatoms. The summed E-state index contributed by atoms with van der Waals surface area (Å²) in [7, 11) is 1.98. The van der Waals surface area contributed by atoms with Gasteiger partial charge in [0.15, 0.2) is 0 Å². The Balaban J connectivity index is 1.73. The summed E-state index contributed by atoms with van der Waals surface area (Å²) in [6.07, 6.45) is 2.67. The predicted octanol–water partition coefficient (Wildman–Crippen LogP) is 1.30. The lowest BCUT2D eigenvalue weighted by Gasteiger charge is -2.35. The lowest BCUT2D eigenvalue weighted by atomic mass is 9.82. The van der Waals surface area contributed by atoms with Gasteiger partial charge in [0.2, 0.25) is 5.91 Å². The summed E-state index contributed by atoms with van der Waals surface area (Å²) in [6.45, 7) is 1.68. The van der Waals surface area contributed by atoms with Gasteiger partial charge in [-0.3, -0.25) is 4.79 Å². The molecule has 4 nitrogen and oxygen atoms in total. The predicted molar refractivity (Wildman–Crippen MR) is 70.2 cm³/mol. The first kappa shape index (κ1) is 13.1. The third kappa shape index (κ3) is 3.31. The smallest absolute Gasteiger partial charge is 0.248 e. The SMILES string of the molecule is CNCC1CC(OCc2ccc(C(N)=O)cc2)C1. The highest BCUT2D eigenvalue weighted by Gasteiger charge is 2.28. The van der Waals surface area contributed by atoms with Gasteiger partial charge >= 0.3 is 0 Å². The van der Waals surface area contributed by atoms with Gasteiger partial charge in [-0.05, 0) is 50.0 Å². The zero-order valence-electron chi connectivity index (χ0n) is 10.7. The minimum Gasteiger partial charge on any atom is -0.374 e. The van der Waals surface area contributed by atoms with Crippen LogP contribution >= 0.6 is 0 Å². The van der Waals surface area contributed by atoms with Crippen LogP contribution in [0.25, 0.3) is 0 Å². The van der Waals surface area contributed by atoms with Gasteiger partial charge in [-0.2, -0.15) is 0 Å². The second kappa shape index (κ2) is 5.98. The van der Waals surface area contributed by atoms with Crippen molar-refractivity contribution in [1.82, 2.24) is 5.32 Å². The first-order valence-corrected chi connectivity index (χ1v) is 6.34. The van der Waals surface area contributed by atoms with E-state index in [1.165, 1.54) is 0 Å². The quantitative estimate of drug-likeness (QED) is 0.797. The molecular weight excluding hydrogens is 228 g/mol. The molecule has 1 aliphatic rings. The molecule has 0 aliphatic heterocycles. The molecule has 0 heterocycles. The van der Waals surface area contributed by atoms with E-state index in [1.807, 2.05) is 19.2 Å². The summed E-state index contributed by atoms with van der Waals surface area (Å²) in [5, 5.41) is 3.18. The summed E-state index contributed by atoms with van der Waals surface area (Å²) in [5.74, 6) is 0.369. The van der Waals surface area contributed by atoms with Crippen molar-refractivity contribution in [3.8, 4) is 0 Å². The number of nitrogens with one attached hydrogen (secondary N) is 1. The van der Waals surface area contributed by atoms with Gasteiger partial charge in [0, 0.05) is 5.56 Å². The van der Waals surface area contributed by atoms with Crippen LogP contribution in [0.5, 0.6) is 0 Å². The summed E-state index contributed by atoms with van der Waals surface area (Å²) in [6, 6.07) is 7.27. The third-order valence-electron chi connectivity index (χ3n) is 3.41. The summed E-state index contributed by atoms with van der Waals surface area (Å²) >= 11 is 0. The molecule has 2 rings (SSSR count). The molecule has 3 N–H and O–H groups in total. The zero-order valence-corrected chi connectivity index (χ0v) is 10.7. The molecule has 98 valence electrons. The molecule has 1 aliphatic carbocycles. The molecule has 0 unspecified atom stereocenters. The second-order valence-electron chi connectivity index (χ2n) is 4.89. The Hall–Kier alpha value is -1.39. The molecule has 1 aromatic rings. The fraction of sp³-hybridized carbons (Fsp3) is 0.500. The average molecular weight is 248 g/mol. The number of carbonyl (C=O) groups excluding carboxylic acids is 1. The van der Waals surface area contributed by atoms with E-state index in [0.717, 1.165) is 30.9 Å². The molecule has 18 heavy (non-hydrogen) atoms. The molecule has 0 saturated heterocycles. The standard InChI is InChI=1S/C14H20N2O2/c1-16-8-11-6-13(7-11)18-9-10-2-4-12(5-3-10)14(15)17/h2-5,11,13,16H,6-9H2,1H3,(H2,15,17). The van der Waals surface area contributed by atoms with Gasteiger partial charge in [-0.25, -0.2) is 0 Å². The van der Waals surface area contributed by atoms with E-state index in [0.29, 0.717) is 18.3 Å². The minimum absolute atomic E-state index is 0.388. The highest BCUT2D eigenvalue weighted by Crippen LogP contribution is 2.30. The fourth-order valence-corrected chi connectivity index (χ4v) is 2.25. The number of nitrogens with two attached hydrogens (primary N) is 1. The maximum Gasteiger partial charge on any atom is 0.248 e. The number of hydrogen-bond donors (Lipinski definition) is 2. The summed E-state index contributed by atoms with van der Waals surface area (Å²) in [4.78, 5) is 10.9. The van der Waals surface area contributed by atoms with E-state index in [2.05, 4.69) is 5.32 Å². The van der Waals surface area contributed by atoms with Crippen LogP contribution in [0.3, 0.4) is 0 Å². The van der Waals surface area contributed by atoms with Crippen molar-refractivity contribution in [2.45, 2.75) is 25.6 Å². The highest BCUT2D eigenvalue weighted by atomic mass is 16.5. The molecule has 1 fully saturated rings. The van der Waals surface area contributed by atoms with Crippen molar-refractivity contribution in [1.29, 1.82) is 0 Å². The van der Waals surface area contributed by atoms with E-state index >= 15 is 0 Å². The Morgan fingerprint density at radius 1 is 1.39 bits per heavy atom. The van der Waals surface area contributed by atoms with Crippen LogP contribution in [0.4, 0.5) is 0 Å². The number of amides is 1. The molecule has 0 bridgehead atoms. The Bertz CT molecular complexity index is 397. The third-order valence-corrected chi connectivity index (χ3v) is 3.41. The molecule has 1 saturated carbocycles. The molecule has 1 amide bonds. The Labute approximate surface area is 108 Å². The molecule has 0 aromatic heterocycles. The van der Waals surface area contributed by atoms with Gasteiger partial charge in [-0.1, -0.05) is 12.1 Å². The topological polar surface area (TPSA) is 64.3 Å². The van der Waals surface area contributed by atoms with Gasteiger partial charge < -0.3 is 15.8 Å². The van der Waals surface area contributed by atoms with E-state index in [1.54, 1.807) is 12.1 Å². The van der Waals surface area contributed by atoms with Gasteiger partial charge in [-0.15, -0.1) is 0 Å². The van der Waals surface area contributed by atoms with Crippen molar-refractivity contribution in [3.05, 3.63) is 35.4 Å². The lowest BCUT2D eigenvalue weighted by molar-refractivity contribution is -0.0391. The number of primary amides is 1. The van der Waals surface area contributed by atoms with Crippen LogP contribution in [0.15, 0.2) is 24.3 Å². The Morgan fingerprint density at radius 2 is 2.06 bits per heavy atom. The van der Waals surface area contributed by atoms with E-state index in [-0.39, 0.29) is 0 Å². The van der Waals surface area contributed by atoms with E-state index in [9.17, 15) is 4.79 Å². The molecule has 0 spiro atoms. The lowest BCUT2D eigenvalue weighted by Crippen LogP contribution is -2.36. The first-order chi connectivity index (χ1) is 8.69. The molecule has 0 atom stereocenters. The van der Waals surface area contributed by atoms with Crippen LogP contribution in [0, 0.1) is 5.92 Å². The first-order valence-electron chi connectivity index (χ1n) is 6.34.